The number of nitrogens with zero attached hydrogens (tertiary/aromatic N) is 2. The fourth-order valence-electron chi connectivity index (χ4n) is 2.05. The van der Waals surface area contributed by atoms with Gasteiger partial charge in [-0.25, -0.2) is 9.97 Å². The van der Waals surface area contributed by atoms with Crippen molar-refractivity contribution < 1.29 is 0 Å². The maximum absolute atomic E-state index is 4.69. The SMILES string of the molecule is CCCNc1nc(C(C)C)nc(NC2CC2C)c1C. The molecule has 2 atom stereocenters. The summed E-state index contributed by atoms with van der Waals surface area (Å²) in [6.45, 7) is 11.8. The normalized spacial score (nSPS) is 21.6. The molecule has 0 bridgehead atoms. The molecule has 1 aliphatic carbocycles. The summed E-state index contributed by atoms with van der Waals surface area (Å²) < 4.78 is 0. The number of rotatable bonds is 6. The molecule has 0 spiro atoms. The van der Waals surface area contributed by atoms with Gasteiger partial charge >= 0.3 is 0 Å². The van der Waals surface area contributed by atoms with Gasteiger partial charge < -0.3 is 10.6 Å². The van der Waals surface area contributed by atoms with Gasteiger partial charge in [-0.3, -0.25) is 0 Å². The summed E-state index contributed by atoms with van der Waals surface area (Å²) in [7, 11) is 0. The Kier molecular flexibility index (Phi) is 4.27. The first kappa shape index (κ1) is 14.1. The molecule has 4 heteroatoms. The van der Waals surface area contributed by atoms with Crippen molar-refractivity contribution in [3.63, 3.8) is 0 Å². The number of nitrogens with one attached hydrogen (secondary N) is 2. The van der Waals surface area contributed by atoms with Crippen LogP contribution in [0.2, 0.25) is 0 Å². The van der Waals surface area contributed by atoms with Crippen molar-refractivity contribution in [2.24, 2.45) is 5.92 Å². The molecule has 0 aliphatic heterocycles. The molecule has 2 unspecified atom stereocenters. The lowest BCUT2D eigenvalue weighted by atomic mass is 10.2. The summed E-state index contributed by atoms with van der Waals surface area (Å²) in [5.41, 5.74) is 1.14. The van der Waals surface area contributed by atoms with Crippen LogP contribution in [0.4, 0.5) is 11.6 Å². The van der Waals surface area contributed by atoms with Crippen LogP contribution in [0, 0.1) is 12.8 Å². The zero-order chi connectivity index (χ0) is 14.0. The van der Waals surface area contributed by atoms with E-state index in [9.17, 15) is 0 Å². The highest BCUT2D eigenvalue weighted by Crippen LogP contribution is 2.34. The minimum absolute atomic E-state index is 0.347. The lowest BCUT2D eigenvalue weighted by molar-refractivity contribution is 0.769. The summed E-state index contributed by atoms with van der Waals surface area (Å²) >= 11 is 0. The van der Waals surface area contributed by atoms with Crippen LogP contribution in [0.25, 0.3) is 0 Å². The highest BCUT2D eigenvalue weighted by molar-refractivity contribution is 5.58. The van der Waals surface area contributed by atoms with Crippen molar-refractivity contribution in [1.82, 2.24) is 9.97 Å². The van der Waals surface area contributed by atoms with E-state index < -0.39 is 0 Å². The van der Waals surface area contributed by atoms with Gasteiger partial charge in [-0.15, -0.1) is 0 Å². The molecule has 1 saturated carbocycles. The highest BCUT2D eigenvalue weighted by Gasteiger charge is 2.33. The predicted octanol–water partition coefficient (Wildman–Crippen LogP) is 3.55. The van der Waals surface area contributed by atoms with Gasteiger partial charge in [0.05, 0.1) is 0 Å². The Labute approximate surface area is 116 Å². The summed E-state index contributed by atoms with van der Waals surface area (Å²) in [5.74, 6) is 4.02. The standard InChI is InChI=1S/C15H26N4/c1-6-7-16-14-11(5)15(17-12-8-10(12)4)19-13(18-14)9(2)3/h9-10,12H,6-8H2,1-5H3,(H2,16,17,18,19). The van der Waals surface area contributed by atoms with Gasteiger partial charge in [-0.1, -0.05) is 27.7 Å². The lowest BCUT2D eigenvalue weighted by Gasteiger charge is -2.16. The monoisotopic (exact) mass is 262 g/mol. The summed E-state index contributed by atoms with van der Waals surface area (Å²) in [5, 5.41) is 6.97. The van der Waals surface area contributed by atoms with E-state index in [1.807, 2.05) is 0 Å². The fraction of sp³-hybridized carbons (Fsp3) is 0.733. The molecule has 106 valence electrons. The van der Waals surface area contributed by atoms with E-state index in [4.69, 9.17) is 4.98 Å². The molecule has 1 aromatic heterocycles. The van der Waals surface area contributed by atoms with Gasteiger partial charge in [-0.2, -0.15) is 0 Å². The third-order valence-corrected chi connectivity index (χ3v) is 3.65. The zero-order valence-electron chi connectivity index (χ0n) is 12.7. The minimum Gasteiger partial charge on any atom is -0.370 e. The molecule has 1 fully saturated rings. The molecular formula is C15H26N4. The van der Waals surface area contributed by atoms with Crippen LogP contribution < -0.4 is 10.6 Å². The average molecular weight is 262 g/mol. The Morgan fingerprint density at radius 1 is 1.26 bits per heavy atom. The van der Waals surface area contributed by atoms with Gasteiger partial charge in [0.25, 0.3) is 0 Å². The van der Waals surface area contributed by atoms with Crippen molar-refractivity contribution in [3.8, 4) is 0 Å². The van der Waals surface area contributed by atoms with E-state index in [0.29, 0.717) is 12.0 Å². The molecule has 1 heterocycles. The van der Waals surface area contributed by atoms with Gasteiger partial charge in [0.1, 0.15) is 17.5 Å². The Bertz CT molecular complexity index is 442. The molecule has 2 N–H and O–H groups in total. The van der Waals surface area contributed by atoms with Gasteiger partial charge in [-0.05, 0) is 25.7 Å². The molecule has 4 nitrogen and oxygen atoms in total. The van der Waals surface area contributed by atoms with Crippen molar-refractivity contribution >= 4 is 11.6 Å². The molecule has 0 saturated heterocycles. The molecular weight excluding hydrogens is 236 g/mol. The maximum atomic E-state index is 4.69. The van der Waals surface area contributed by atoms with Crippen LogP contribution in [0.15, 0.2) is 0 Å². The Hall–Kier alpha value is -1.32. The Morgan fingerprint density at radius 2 is 1.89 bits per heavy atom. The fourth-order valence-corrected chi connectivity index (χ4v) is 2.05. The first-order chi connectivity index (χ1) is 9.02. The second kappa shape index (κ2) is 5.76. The zero-order valence-corrected chi connectivity index (χ0v) is 12.7. The van der Waals surface area contributed by atoms with Crippen LogP contribution in [-0.2, 0) is 0 Å². The van der Waals surface area contributed by atoms with Gasteiger partial charge in [0.15, 0.2) is 0 Å². The minimum atomic E-state index is 0.347. The van der Waals surface area contributed by atoms with Crippen LogP contribution in [-0.4, -0.2) is 22.6 Å². The lowest BCUT2D eigenvalue weighted by Crippen LogP contribution is -2.14. The number of hydrogen-bond donors (Lipinski definition) is 2. The van der Waals surface area contributed by atoms with E-state index >= 15 is 0 Å². The first-order valence-corrected chi connectivity index (χ1v) is 7.41. The summed E-state index contributed by atoms with van der Waals surface area (Å²) in [6.07, 6.45) is 2.35. The molecule has 0 aromatic carbocycles. The largest absolute Gasteiger partial charge is 0.370 e. The Balaban J connectivity index is 2.25. The second-order valence-electron chi connectivity index (χ2n) is 5.95. The summed E-state index contributed by atoms with van der Waals surface area (Å²) in [4.78, 5) is 9.35. The van der Waals surface area contributed by atoms with Crippen molar-refractivity contribution in [2.75, 3.05) is 17.2 Å². The number of hydrogen-bond acceptors (Lipinski definition) is 4. The molecule has 19 heavy (non-hydrogen) atoms. The quantitative estimate of drug-likeness (QED) is 0.823. The Morgan fingerprint density at radius 3 is 2.42 bits per heavy atom. The van der Waals surface area contributed by atoms with E-state index in [1.165, 1.54) is 6.42 Å². The molecule has 2 rings (SSSR count). The van der Waals surface area contributed by atoms with Crippen molar-refractivity contribution in [2.45, 2.75) is 59.4 Å². The predicted molar refractivity (Wildman–Crippen MR) is 80.8 cm³/mol. The third kappa shape index (κ3) is 3.37. The highest BCUT2D eigenvalue weighted by atomic mass is 15.1. The number of anilines is 2. The van der Waals surface area contributed by atoms with Crippen molar-refractivity contribution in [1.29, 1.82) is 0 Å². The van der Waals surface area contributed by atoms with Crippen LogP contribution >= 0.6 is 0 Å². The molecule has 0 amide bonds. The molecule has 0 radical (unpaired) electrons. The van der Waals surface area contributed by atoms with Gasteiger partial charge in [0, 0.05) is 24.1 Å². The smallest absolute Gasteiger partial charge is 0.135 e. The average Bonchev–Trinajstić information content (AvgIpc) is 3.05. The molecule has 1 aromatic rings. The third-order valence-electron chi connectivity index (χ3n) is 3.65. The first-order valence-electron chi connectivity index (χ1n) is 7.41. The number of aromatic nitrogens is 2. The topological polar surface area (TPSA) is 49.8 Å². The van der Waals surface area contributed by atoms with Crippen LogP contribution in [0.5, 0.6) is 0 Å². The van der Waals surface area contributed by atoms with E-state index in [-0.39, 0.29) is 0 Å². The van der Waals surface area contributed by atoms with E-state index in [2.05, 4.69) is 50.2 Å². The van der Waals surface area contributed by atoms with Gasteiger partial charge in [0.2, 0.25) is 0 Å². The van der Waals surface area contributed by atoms with E-state index in [1.54, 1.807) is 0 Å². The summed E-state index contributed by atoms with van der Waals surface area (Å²) in [6, 6.07) is 0.590. The maximum Gasteiger partial charge on any atom is 0.135 e. The van der Waals surface area contributed by atoms with Crippen LogP contribution in [0.1, 0.15) is 57.8 Å². The second-order valence-corrected chi connectivity index (χ2v) is 5.95. The molecule has 1 aliphatic rings. The van der Waals surface area contributed by atoms with Crippen molar-refractivity contribution in [3.05, 3.63) is 11.4 Å². The van der Waals surface area contributed by atoms with Crippen LogP contribution in [0.3, 0.4) is 0 Å². The van der Waals surface area contributed by atoms with E-state index in [0.717, 1.165) is 41.9 Å².